The third-order valence-electron chi connectivity index (χ3n) is 4.17. The van der Waals surface area contributed by atoms with Gasteiger partial charge in [-0.25, -0.2) is 4.79 Å². The summed E-state index contributed by atoms with van der Waals surface area (Å²) in [4.78, 5) is 25.8. The first-order chi connectivity index (χ1) is 12.7. The van der Waals surface area contributed by atoms with Crippen molar-refractivity contribution in [2.75, 3.05) is 0 Å². The molecule has 1 atom stereocenters. The molecule has 3 amide bonds. The van der Waals surface area contributed by atoms with Gasteiger partial charge in [0.15, 0.2) is 0 Å². The summed E-state index contributed by atoms with van der Waals surface area (Å²) < 4.78 is 5.59. The lowest BCUT2D eigenvalue weighted by Crippen LogP contribution is -2.32. The molecule has 0 spiro atoms. The molecule has 2 aromatic carbocycles. The van der Waals surface area contributed by atoms with Gasteiger partial charge in [0.2, 0.25) is 11.8 Å². The molecule has 7 heteroatoms. The first-order valence-corrected chi connectivity index (χ1v) is 8.24. The maximum Gasteiger partial charge on any atom is 0.325 e. The summed E-state index contributed by atoms with van der Waals surface area (Å²) >= 11 is 0. The lowest BCUT2D eigenvalue weighted by molar-refractivity contribution is -0.128. The fourth-order valence-electron chi connectivity index (χ4n) is 2.86. The van der Waals surface area contributed by atoms with Crippen LogP contribution in [-0.2, 0) is 17.8 Å². The first kappa shape index (κ1) is 16.0. The standard InChI is InChI=1S/C19H16N4O3/c24-18-15(11-13-7-3-1-4-8-13)20-19(25)23(18)12-16-21-22-17(26-16)14-9-5-2-6-10-14/h1-10,15H,11-12H2,(H,20,25). The Morgan fingerprint density at radius 3 is 2.38 bits per heavy atom. The van der Waals surface area contributed by atoms with Crippen LogP contribution in [-0.4, -0.2) is 33.1 Å². The average molecular weight is 348 g/mol. The smallest absolute Gasteiger partial charge is 0.325 e. The van der Waals surface area contributed by atoms with Crippen LogP contribution in [0, 0.1) is 0 Å². The van der Waals surface area contributed by atoms with Gasteiger partial charge in [-0.1, -0.05) is 48.5 Å². The van der Waals surface area contributed by atoms with E-state index in [-0.39, 0.29) is 18.3 Å². The molecule has 4 rings (SSSR count). The number of nitrogens with one attached hydrogen (secondary N) is 1. The van der Waals surface area contributed by atoms with E-state index in [0.29, 0.717) is 12.3 Å². The van der Waals surface area contributed by atoms with Gasteiger partial charge < -0.3 is 9.73 Å². The van der Waals surface area contributed by atoms with Crippen LogP contribution < -0.4 is 5.32 Å². The summed E-state index contributed by atoms with van der Waals surface area (Å²) in [6.07, 6.45) is 0.445. The highest BCUT2D eigenvalue weighted by Crippen LogP contribution is 2.19. The summed E-state index contributed by atoms with van der Waals surface area (Å²) in [6.45, 7) is -0.0458. The maximum atomic E-state index is 12.6. The number of amides is 3. The number of carbonyl (C=O) groups is 2. The molecule has 0 radical (unpaired) electrons. The second kappa shape index (κ2) is 6.79. The Morgan fingerprint density at radius 1 is 0.962 bits per heavy atom. The second-order valence-electron chi connectivity index (χ2n) is 5.98. The minimum Gasteiger partial charge on any atom is -0.419 e. The molecule has 0 aliphatic carbocycles. The van der Waals surface area contributed by atoms with Gasteiger partial charge in [-0.15, -0.1) is 10.2 Å². The molecule has 3 aromatic rings. The Kier molecular flexibility index (Phi) is 4.18. The van der Waals surface area contributed by atoms with E-state index in [1.165, 1.54) is 0 Å². The highest BCUT2D eigenvalue weighted by molar-refractivity contribution is 6.04. The molecule has 7 nitrogen and oxygen atoms in total. The Hall–Kier alpha value is -3.48. The van der Waals surface area contributed by atoms with Crippen molar-refractivity contribution >= 4 is 11.9 Å². The van der Waals surface area contributed by atoms with Crippen LogP contribution in [0.1, 0.15) is 11.5 Å². The Balaban J connectivity index is 1.46. The van der Waals surface area contributed by atoms with Gasteiger partial charge in [0.1, 0.15) is 12.6 Å². The topological polar surface area (TPSA) is 88.3 Å². The van der Waals surface area contributed by atoms with E-state index < -0.39 is 12.1 Å². The zero-order valence-corrected chi connectivity index (χ0v) is 13.8. The van der Waals surface area contributed by atoms with Crippen molar-refractivity contribution in [1.29, 1.82) is 0 Å². The Bertz CT molecular complexity index is 924. The lowest BCUT2D eigenvalue weighted by Gasteiger charge is -2.10. The number of rotatable bonds is 5. The van der Waals surface area contributed by atoms with Gasteiger partial charge in [0.05, 0.1) is 0 Å². The molecule has 1 aliphatic heterocycles. The molecule has 0 bridgehead atoms. The van der Waals surface area contributed by atoms with Gasteiger partial charge in [-0.3, -0.25) is 9.69 Å². The molecule has 1 saturated heterocycles. The van der Waals surface area contributed by atoms with E-state index >= 15 is 0 Å². The van der Waals surface area contributed by atoms with Crippen molar-refractivity contribution in [3.8, 4) is 11.5 Å². The predicted octanol–water partition coefficient (Wildman–Crippen LogP) is 2.40. The van der Waals surface area contributed by atoms with Crippen molar-refractivity contribution in [3.05, 3.63) is 72.1 Å². The van der Waals surface area contributed by atoms with Crippen molar-refractivity contribution < 1.29 is 14.0 Å². The van der Waals surface area contributed by atoms with E-state index in [9.17, 15) is 9.59 Å². The van der Waals surface area contributed by atoms with Crippen LogP contribution in [0.25, 0.3) is 11.5 Å². The quantitative estimate of drug-likeness (QED) is 0.715. The number of hydrogen-bond donors (Lipinski definition) is 1. The first-order valence-electron chi connectivity index (χ1n) is 8.24. The molecule has 1 unspecified atom stereocenters. The number of imide groups is 1. The van der Waals surface area contributed by atoms with Crippen molar-refractivity contribution in [2.45, 2.75) is 19.0 Å². The molecule has 1 aliphatic rings. The van der Waals surface area contributed by atoms with Gasteiger partial charge in [0.25, 0.3) is 5.91 Å². The molecular weight excluding hydrogens is 332 g/mol. The van der Waals surface area contributed by atoms with Crippen LogP contribution in [0.2, 0.25) is 0 Å². The summed E-state index contributed by atoms with van der Waals surface area (Å²) in [5.74, 6) is 0.277. The normalized spacial score (nSPS) is 16.8. The monoisotopic (exact) mass is 348 g/mol. The molecule has 1 fully saturated rings. The lowest BCUT2D eigenvalue weighted by atomic mass is 10.1. The second-order valence-corrected chi connectivity index (χ2v) is 5.98. The number of nitrogens with zero attached hydrogens (tertiary/aromatic N) is 3. The number of carbonyl (C=O) groups excluding carboxylic acids is 2. The Morgan fingerprint density at radius 2 is 1.65 bits per heavy atom. The highest BCUT2D eigenvalue weighted by Gasteiger charge is 2.38. The van der Waals surface area contributed by atoms with Crippen LogP contribution in [0.3, 0.4) is 0 Å². The molecule has 26 heavy (non-hydrogen) atoms. The van der Waals surface area contributed by atoms with Crippen molar-refractivity contribution in [3.63, 3.8) is 0 Å². The molecule has 2 heterocycles. The third kappa shape index (κ3) is 3.19. The fourth-order valence-corrected chi connectivity index (χ4v) is 2.86. The number of urea groups is 1. The van der Waals surface area contributed by atoms with E-state index in [1.54, 1.807) is 0 Å². The van der Waals surface area contributed by atoms with E-state index in [2.05, 4.69) is 15.5 Å². The largest absolute Gasteiger partial charge is 0.419 e. The fraction of sp³-hybridized carbons (Fsp3) is 0.158. The molecule has 1 aromatic heterocycles. The van der Waals surface area contributed by atoms with Gasteiger partial charge in [-0.05, 0) is 17.7 Å². The van der Waals surface area contributed by atoms with E-state index in [4.69, 9.17) is 4.42 Å². The van der Waals surface area contributed by atoms with Crippen molar-refractivity contribution in [1.82, 2.24) is 20.4 Å². The third-order valence-corrected chi connectivity index (χ3v) is 4.17. The maximum absolute atomic E-state index is 12.6. The Labute approximate surface area is 149 Å². The van der Waals surface area contributed by atoms with E-state index in [0.717, 1.165) is 16.0 Å². The van der Waals surface area contributed by atoms with Gasteiger partial charge in [-0.2, -0.15) is 0 Å². The number of hydrogen-bond acceptors (Lipinski definition) is 5. The zero-order valence-electron chi connectivity index (χ0n) is 13.8. The number of benzene rings is 2. The minimum absolute atomic E-state index is 0.0458. The summed E-state index contributed by atoms with van der Waals surface area (Å²) in [5.41, 5.74) is 1.77. The average Bonchev–Trinajstić information content (AvgIpc) is 3.24. The van der Waals surface area contributed by atoms with Gasteiger partial charge in [0, 0.05) is 12.0 Å². The van der Waals surface area contributed by atoms with Crippen molar-refractivity contribution in [2.24, 2.45) is 0 Å². The number of aromatic nitrogens is 2. The van der Waals surface area contributed by atoms with Crippen LogP contribution in [0.5, 0.6) is 0 Å². The van der Waals surface area contributed by atoms with Gasteiger partial charge >= 0.3 is 6.03 Å². The molecular formula is C19H16N4O3. The van der Waals surface area contributed by atoms with Crippen LogP contribution >= 0.6 is 0 Å². The summed E-state index contributed by atoms with van der Waals surface area (Å²) in [6, 6.07) is 17.8. The predicted molar refractivity (Wildman–Crippen MR) is 92.7 cm³/mol. The summed E-state index contributed by atoms with van der Waals surface area (Å²) in [5, 5.41) is 10.6. The summed E-state index contributed by atoms with van der Waals surface area (Å²) in [7, 11) is 0. The van der Waals surface area contributed by atoms with Crippen LogP contribution in [0.4, 0.5) is 4.79 Å². The highest BCUT2D eigenvalue weighted by atomic mass is 16.4. The molecule has 1 N–H and O–H groups in total. The van der Waals surface area contributed by atoms with E-state index in [1.807, 2.05) is 60.7 Å². The zero-order chi connectivity index (χ0) is 17.9. The SMILES string of the molecule is O=C1NC(Cc2ccccc2)C(=O)N1Cc1nnc(-c2ccccc2)o1. The molecule has 0 saturated carbocycles. The minimum atomic E-state index is -0.582. The molecule has 130 valence electrons. The van der Waals surface area contributed by atoms with Crippen LogP contribution in [0.15, 0.2) is 65.1 Å².